The second-order valence-electron chi connectivity index (χ2n) is 4.73. The van der Waals surface area contributed by atoms with Crippen molar-refractivity contribution in [3.05, 3.63) is 12.4 Å². The number of sulfonamides is 1. The van der Waals surface area contributed by atoms with Gasteiger partial charge in [-0.15, -0.1) is 0 Å². The lowest BCUT2D eigenvalue weighted by Crippen LogP contribution is -2.38. The fraction of sp³-hybridized carbons (Fsp3) is 0.727. The minimum Gasteiger partial charge on any atom is -0.329 e. The van der Waals surface area contributed by atoms with Crippen LogP contribution < -0.4 is 5.73 Å². The Morgan fingerprint density at radius 3 is 2.56 bits per heavy atom. The van der Waals surface area contributed by atoms with Gasteiger partial charge in [-0.2, -0.15) is 9.40 Å². The van der Waals surface area contributed by atoms with E-state index in [2.05, 4.69) is 5.10 Å². The van der Waals surface area contributed by atoms with Crippen LogP contribution in [0.25, 0.3) is 0 Å². The number of nitrogens with two attached hydrogens (primary N) is 1. The predicted octanol–water partition coefficient (Wildman–Crippen LogP) is 0.507. The SMILES string of the molecule is CC(C)C(C)N(C)S(=O)(=O)c1cnn(CCN)c1. The third-order valence-electron chi connectivity index (χ3n) is 3.18. The van der Waals surface area contributed by atoms with Crippen LogP contribution in [0.5, 0.6) is 0 Å². The third kappa shape index (κ3) is 3.09. The van der Waals surface area contributed by atoms with Gasteiger partial charge < -0.3 is 5.73 Å². The highest BCUT2D eigenvalue weighted by atomic mass is 32.2. The van der Waals surface area contributed by atoms with Crippen LogP contribution in [0, 0.1) is 5.92 Å². The average molecular weight is 274 g/mol. The van der Waals surface area contributed by atoms with Gasteiger partial charge >= 0.3 is 0 Å². The van der Waals surface area contributed by atoms with Gasteiger partial charge in [0.25, 0.3) is 0 Å². The van der Waals surface area contributed by atoms with Crippen molar-refractivity contribution in [2.75, 3.05) is 13.6 Å². The van der Waals surface area contributed by atoms with E-state index in [1.807, 2.05) is 20.8 Å². The van der Waals surface area contributed by atoms with E-state index in [4.69, 9.17) is 5.73 Å². The summed E-state index contributed by atoms with van der Waals surface area (Å²) in [4.78, 5) is 0.214. The van der Waals surface area contributed by atoms with E-state index >= 15 is 0 Å². The van der Waals surface area contributed by atoms with Crippen molar-refractivity contribution in [1.29, 1.82) is 0 Å². The Kier molecular flexibility index (Phi) is 4.89. The fourth-order valence-electron chi connectivity index (χ4n) is 1.54. The minimum atomic E-state index is -3.47. The topological polar surface area (TPSA) is 81.2 Å². The molecule has 1 aromatic rings. The first-order chi connectivity index (χ1) is 8.30. The summed E-state index contributed by atoms with van der Waals surface area (Å²) >= 11 is 0. The van der Waals surface area contributed by atoms with Gasteiger partial charge in [-0.05, 0) is 12.8 Å². The molecule has 0 bridgehead atoms. The molecular weight excluding hydrogens is 252 g/mol. The molecule has 0 saturated carbocycles. The maximum absolute atomic E-state index is 12.3. The Bertz CT molecular complexity index is 481. The largest absolute Gasteiger partial charge is 0.329 e. The van der Waals surface area contributed by atoms with Crippen LogP contribution in [0.1, 0.15) is 20.8 Å². The zero-order chi connectivity index (χ0) is 13.9. The van der Waals surface area contributed by atoms with E-state index in [9.17, 15) is 8.42 Å². The molecule has 1 aromatic heterocycles. The van der Waals surface area contributed by atoms with Gasteiger partial charge in [0.15, 0.2) is 0 Å². The lowest BCUT2D eigenvalue weighted by molar-refractivity contribution is 0.315. The molecule has 1 unspecified atom stereocenters. The van der Waals surface area contributed by atoms with Crippen molar-refractivity contribution in [2.24, 2.45) is 11.7 Å². The highest BCUT2D eigenvalue weighted by molar-refractivity contribution is 7.89. The van der Waals surface area contributed by atoms with Crippen LogP contribution in [0.2, 0.25) is 0 Å². The van der Waals surface area contributed by atoms with Gasteiger partial charge in [-0.3, -0.25) is 4.68 Å². The van der Waals surface area contributed by atoms with Crippen LogP contribution in [0.4, 0.5) is 0 Å². The molecule has 0 radical (unpaired) electrons. The van der Waals surface area contributed by atoms with Gasteiger partial charge in [0.05, 0.1) is 12.7 Å². The van der Waals surface area contributed by atoms with E-state index in [0.717, 1.165) is 0 Å². The third-order valence-corrected chi connectivity index (χ3v) is 5.08. The van der Waals surface area contributed by atoms with Crippen molar-refractivity contribution >= 4 is 10.0 Å². The molecule has 18 heavy (non-hydrogen) atoms. The summed E-state index contributed by atoms with van der Waals surface area (Å²) in [6, 6.07) is -0.0622. The first kappa shape index (κ1) is 15.1. The summed E-state index contributed by atoms with van der Waals surface area (Å²) in [7, 11) is -1.87. The van der Waals surface area contributed by atoms with Crippen LogP contribution in [0.15, 0.2) is 17.3 Å². The van der Waals surface area contributed by atoms with Crippen molar-refractivity contribution in [3.8, 4) is 0 Å². The number of nitrogens with zero attached hydrogens (tertiary/aromatic N) is 3. The Labute approximate surface area is 109 Å². The lowest BCUT2D eigenvalue weighted by atomic mass is 10.1. The lowest BCUT2D eigenvalue weighted by Gasteiger charge is -2.26. The molecule has 104 valence electrons. The second-order valence-corrected chi connectivity index (χ2v) is 6.73. The summed E-state index contributed by atoms with van der Waals surface area (Å²) in [6.45, 7) is 6.83. The van der Waals surface area contributed by atoms with Crippen LogP contribution in [-0.4, -0.2) is 42.1 Å². The summed E-state index contributed by atoms with van der Waals surface area (Å²) in [5.74, 6) is 0.254. The maximum atomic E-state index is 12.3. The molecule has 0 aliphatic carbocycles. The molecule has 0 amide bonds. The molecule has 0 fully saturated rings. The highest BCUT2D eigenvalue weighted by Crippen LogP contribution is 2.19. The number of aromatic nitrogens is 2. The van der Waals surface area contributed by atoms with Gasteiger partial charge in [0.2, 0.25) is 10.0 Å². The molecule has 0 spiro atoms. The van der Waals surface area contributed by atoms with E-state index in [0.29, 0.717) is 13.1 Å². The number of rotatable bonds is 6. The molecule has 7 heteroatoms. The zero-order valence-electron chi connectivity index (χ0n) is 11.4. The van der Waals surface area contributed by atoms with E-state index in [1.165, 1.54) is 16.7 Å². The monoisotopic (exact) mass is 274 g/mol. The molecule has 0 aromatic carbocycles. The van der Waals surface area contributed by atoms with Crippen LogP contribution >= 0.6 is 0 Å². The fourth-order valence-corrected chi connectivity index (χ4v) is 2.99. The van der Waals surface area contributed by atoms with E-state index in [-0.39, 0.29) is 16.9 Å². The van der Waals surface area contributed by atoms with Gasteiger partial charge in [0, 0.05) is 25.8 Å². The first-order valence-electron chi connectivity index (χ1n) is 6.01. The van der Waals surface area contributed by atoms with Crippen molar-refractivity contribution in [3.63, 3.8) is 0 Å². The van der Waals surface area contributed by atoms with Crippen molar-refractivity contribution in [1.82, 2.24) is 14.1 Å². The van der Waals surface area contributed by atoms with E-state index in [1.54, 1.807) is 11.7 Å². The molecular formula is C11H22N4O2S. The van der Waals surface area contributed by atoms with Gasteiger partial charge in [-0.25, -0.2) is 8.42 Å². The number of hydrogen-bond donors (Lipinski definition) is 1. The predicted molar refractivity (Wildman–Crippen MR) is 70.5 cm³/mol. The summed E-state index contributed by atoms with van der Waals surface area (Å²) in [6.07, 6.45) is 2.89. The van der Waals surface area contributed by atoms with E-state index < -0.39 is 10.0 Å². The average Bonchev–Trinajstić information content (AvgIpc) is 2.76. The normalized spacial score (nSPS) is 14.4. The van der Waals surface area contributed by atoms with Gasteiger partial charge in [-0.1, -0.05) is 13.8 Å². The molecule has 2 N–H and O–H groups in total. The quantitative estimate of drug-likeness (QED) is 0.819. The molecule has 1 heterocycles. The van der Waals surface area contributed by atoms with Gasteiger partial charge in [0.1, 0.15) is 4.90 Å². The van der Waals surface area contributed by atoms with Crippen LogP contribution in [0.3, 0.4) is 0 Å². The smallest absolute Gasteiger partial charge is 0.246 e. The summed E-state index contributed by atoms with van der Waals surface area (Å²) in [5.41, 5.74) is 5.41. The standard InChI is InChI=1S/C11H22N4O2S/c1-9(2)10(3)14(4)18(16,17)11-7-13-15(8-11)6-5-12/h7-10H,5-6,12H2,1-4H3. The zero-order valence-corrected chi connectivity index (χ0v) is 12.2. The first-order valence-corrected chi connectivity index (χ1v) is 7.45. The Morgan fingerprint density at radius 2 is 2.06 bits per heavy atom. The molecule has 1 rings (SSSR count). The van der Waals surface area contributed by atoms with Crippen molar-refractivity contribution in [2.45, 2.75) is 38.3 Å². The molecule has 0 saturated heterocycles. The summed E-state index contributed by atoms with van der Waals surface area (Å²) in [5, 5.41) is 3.99. The molecule has 1 atom stereocenters. The van der Waals surface area contributed by atoms with Crippen molar-refractivity contribution < 1.29 is 8.42 Å². The second kappa shape index (κ2) is 5.81. The molecule has 0 aliphatic heterocycles. The highest BCUT2D eigenvalue weighted by Gasteiger charge is 2.28. The molecule has 0 aliphatic rings. The molecule has 6 nitrogen and oxygen atoms in total. The Hall–Kier alpha value is -0.920. The number of hydrogen-bond acceptors (Lipinski definition) is 4. The Balaban J connectivity index is 2.98. The summed E-state index contributed by atoms with van der Waals surface area (Å²) < 4.78 is 27.6. The van der Waals surface area contributed by atoms with Crippen LogP contribution in [-0.2, 0) is 16.6 Å². The minimum absolute atomic E-state index is 0.0622. The Morgan fingerprint density at radius 1 is 1.44 bits per heavy atom. The maximum Gasteiger partial charge on any atom is 0.246 e.